The number of unbranched alkanes of at least 4 members (excludes halogenated alkanes) is 2. The van der Waals surface area contributed by atoms with Crippen LogP contribution in [0.5, 0.6) is 0 Å². The van der Waals surface area contributed by atoms with Crippen LogP contribution in [-0.4, -0.2) is 94.7 Å². The van der Waals surface area contributed by atoms with E-state index in [2.05, 4.69) is 5.32 Å². The van der Waals surface area contributed by atoms with E-state index in [1.165, 1.54) is 0 Å². The van der Waals surface area contributed by atoms with Crippen molar-refractivity contribution in [3.8, 4) is 0 Å². The number of aliphatic hydroxyl groups is 1. The van der Waals surface area contributed by atoms with E-state index in [1.54, 1.807) is 17.9 Å². The lowest BCUT2D eigenvalue weighted by Crippen LogP contribution is -2.58. The van der Waals surface area contributed by atoms with Gasteiger partial charge in [0.2, 0.25) is 17.7 Å². The average Bonchev–Trinajstić information content (AvgIpc) is 3.59. The molecule has 1 aliphatic carbocycles. The lowest BCUT2D eigenvalue weighted by Gasteiger charge is -2.40. The number of carbonyl (C=O) groups excluding carboxylic acids is 4. The normalized spacial score (nSPS) is 36.1. The Labute approximate surface area is 236 Å². The first-order valence-electron chi connectivity index (χ1n) is 15.1. The van der Waals surface area contributed by atoms with Crippen molar-refractivity contribution in [2.45, 2.75) is 101 Å². The van der Waals surface area contributed by atoms with Crippen molar-refractivity contribution in [1.29, 1.82) is 0 Å². The van der Waals surface area contributed by atoms with Gasteiger partial charge in [-0.05, 0) is 45.4 Å². The second kappa shape index (κ2) is 12.4. The third-order valence-corrected chi connectivity index (χ3v) is 9.15. The van der Waals surface area contributed by atoms with Crippen LogP contribution in [0.3, 0.4) is 0 Å². The van der Waals surface area contributed by atoms with Crippen LogP contribution in [0.1, 0.15) is 71.1 Å². The summed E-state index contributed by atoms with van der Waals surface area (Å²) in [6.07, 6.45) is 14.2. The third kappa shape index (κ3) is 5.44. The largest absolute Gasteiger partial charge is 0.460 e. The van der Waals surface area contributed by atoms with Gasteiger partial charge < -0.3 is 29.7 Å². The summed E-state index contributed by atoms with van der Waals surface area (Å²) in [6, 6.07) is -0.813. The molecule has 0 radical (unpaired) electrons. The van der Waals surface area contributed by atoms with Gasteiger partial charge in [-0.15, -0.1) is 0 Å². The number of nitrogens with one attached hydrogen (secondary N) is 1. The molecule has 4 aliphatic heterocycles. The van der Waals surface area contributed by atoms with Crippen molar-refractivity contribution in [3.63, 3.8) is 0 Å². The van der Waals surface area contributed by atoms with Crippen molar-refractivity contribution in [3.05, 3.63) is 24.3 Å². The van der Waals surface area contributed by atoms with E-state index in [0.29, 0.717) is 38.8 Å². The van der Waals surface area contributed by atoms with E-state index in [-0.39, 0.29) is 36.9 Å². The van der Waals surface area contributed by atoms with E-state index >= 15 is 0 Å². The van der Waals surface area contributed by atoms with Gasteiger partial charge in [-0.1, -0.05) is 43.6 Å². The highest BCUT2D eigenvalue weighted by Crippen LogP contribution is 2.55. The average molecular weight is 558 g/mol. The summed E-state index contributed by atoms with van der Waals surface area (Å²) in [4.78, 5) is 58.1. The molecule has 10 heteroatoms. The maximum Gasteiger partial charge on any atom is 0.313 e. The molecule has 0 aromatic heterocycles. The molecule has 5 bridgehead atoms. The number of rotatable bonds is 6. The molecule has 40 heavy (non-hydrogen) atoms. The quantitative estimate of drug-likeness (QED) is 0.290. The summed E-state index contributed by atoms with van der Waals surface area (Å²) in [5, 5.41) is 12.1. The van der Waals surface area contributed by atoms with Crippen LogP contribution in [0.25, 0.3) is 0 Å². The summed E-state index contributed by atoms with van der Waals surface area (Å²) in [5.41, 5.74) is -1.22. The summed E-state index contributed by atoms with van der Waals surface area (Å²) >= 11 is 0. The number of cyclic esters (lactones) is 1. The zero-order chi connectivity index (χ0) is 28.3. The highest BCUT2D eigenvalue weighted by Gasteiger charge is 2.73. The van der Waals surface area contributed by atoms with Crippen LogP contribution in [0.4, 0.5) is 0 Å². The topological polar surface area (TPSA) is 125 Å². The highest BCUT2D eigenvalue weighted by atomic mass is 16.6. The number of aliphatic hydroxyl groups excluding tert-OH is 1. The number of likely N-dealkylation sites (tertiary alicyclic amines) is 1. The predicted molar refractivity (Wildman–Crippen MR) is 146 cm³/mol. The molecule has 3 fully saturated rings. The van der Waals surface area contributed by atoms with E-state index in [0.717, 1.165) is 38.5 Å². The smallest absolute Gasteiger partial charge is 0.313 e. The SMILES string of the molecule is C[C@H]1CNC(=O)CC/C=C\CN(C2CCCCC2)C(=O)[C@H]2N(CCCCCO)C(=O)[C@@H]3[C@@H](C(=O)O1)[C@H]1C=C[C@]32O1. The fourth-order valence-corrected chi connectivity index (χ4v) is 7.18. The number of carbonyl (C=O) groups is 4. The Bertz CT molecular complexity index is 1040. The first-order chi connectivity index (χ1) is 19.4. The van der Waals surface area contributed by atoms with Crippen LogP contribution in [0.2, 0.25) is 0 Å². The molecule has 2 saturated heterocycles. The lowest BCUT2D eigenvalue weighted by molar-refractivity contribution is -0.158. The second-order valence-corrected chi connectivity index (χ2v) is 11.9. The molecule has 6 atom stereocenters. The van der Waals surface area contributed by atoms with Gasteiger partial charge in [-0.3, -0.25) is 19.2 Å². The maximum atomic E-state index is 14.6. The first-order valence-corrected chi connectivity index (χ1v) is 15.1. The fraction of sp³-hybridized carbons (Fsp3) is 0.733. The lowest BCUT2D eigenvalue weighted by atomic mass is 9.74. The number of nitrogens with zero attached hydrogens (tertiary/aromatic N) is 2. The number of hydrogen-bond acceptors (Lipinski definition) is 7. The summed E-state index contributed by atoms with van der Waals surface area (Å²) in [5.74, 6) is -2.77. The Kier molecular flexibility index (Phi) is 8.95. The molecule has 1 spiro atoms. The van der Waals surface area contributed by atoms with E-state index in [1.807, 2.05) is 23.1 Å². The number of amides is 3. The Balaban J connectivity index is 1.52. The number of fused-ring (bicyclic) bond motifs is 2. The summed E-state index contributed by atoms with van der Waals surface area (Å²) in [6.45, 7) is 2.72. The molecule has 2 N–H and O–H groups in total. The van der Waals surface area contributed by atoms with Crippen LogP contribution < -0.4 is 5.32 Å². The molecular formula is C30H43N3O7. The molecule has 3 amide bonds. The summed E-state index contributed by atoms with van der Waals surface area (Å²) in [7, 11) is 0. The van der Waals surface area contributed by atoms with Crippen molar-refractivity contribution in [2.24, 2.45) is 11.8 Å². The molecule has 5 aliphatic rings. The Hall–Kier alpha value is -2.72. The van der Waals surface area contributed by atoms with Gasteiger partial charge in [-0.2, -0.15) is 0 Å². The Morgan fingerprint density at radius 3 is 2.62 bits per heavy atom. The van der Waals surface area contributed by atoms with Crippen molar-refractivity contribution < 1.29 is 33.8 Å². The molecule has 1 saturated carbocycles. The number of allylic oxidation sites excluding steroid dienone is 1. The van der Waals surface area contributed by atoms with Crippen LogP contribution in [-0.2, 0) is 28.7 Å². The minimum absolute atomic E-state index is 0.0577. The molecule has 220 valence electrons. The molecule has 4 heterocycles. The number of ether oxygens (including phenoxy) is 2. The zero-order valence-corrected chi connectivity index (χ0v) is 23.5. The van der Waals surface area contributed by atoms with E-state index in [4.69, 9.17) is 9.47 Å². The number of hydrogen-bond donors (Lipinski definition) is 2. The minimum atomic E-state index is -1.22. The van der Waals surface area contributed by atoms with Gasteiger partial charge in [-0.25, -0.2) is 0 Å². The molecule has 5 rings (SSSR count). The maximum absolute atomic E-state index is 14.6. The molecule has 0 aromatic carbocycles. The molecule has 0 unspecified atom stereocenters. The third-order valence-electron chi connectivity index (χ3n) is 9.15. The van der Waals surface area contributed by atoms with E-state index in [9.17, 15) is 24.3 Å². The van der Waals surface area contributed by atoms with Crippen molar-refractivity contribution in [1.82, 2.24) is 15.1 Å². The summed E-state index contributed by atoms with van der Waals surface area (Å²) < 4.78 is 12.2. The van der Waals surface area contributed by atoms with Gasteiger partial charge in [0.05, 0.1) is 18.6 Å². The van der Waals surface area contributed by atoms with Gasteiger partial charge >= 0.3 is 5.97 Å². The van der Waals surface area contributed by atoms with Gasteiger partial charge in [0.25, 0.3) is 0 Å². The molecular weight excluding hydrogens is 514 g/mol. The second-order valence-electron chi connectivity index (χ2n) is 11.9. The Morgan fingerprint density at radius 2 is 1.85 bits per heavy atom. The van der Waals surface area contributed by atoms with Crippen LogP contribution >= 0.6 is 0 Å². The van der Waals surface area contributed by atoms with Crippen LogP contribution in [0, 0.1) is 11.8 Å². The van der Waals surface area contributed by atoms with Gasteiger partial charge in [0, 0.05) is 32.2 Å². The first kappa shape index (κ1) is 28.8. The van der Waals surface area contributed by atoms with E-state index < -0.39 is 41.7 Å². The van der Waals surface area contributed by atoms with Crippen LogP contribution in [0.15, 0.2) is 24.3 Å². The number of esters is 1. The zero-order valence-electron chi connectivity index (χ0n) is 23.5. The molecule has 0 aromatic rings. The van der Waals surface area contributed by atoms with Crippen molar-refractivity contribution in [2.75, 3.05) is 26.2 Å². The standard InChI is InChI=1S/C30H43N3O7/c1-20-19-31-23(35)13-7-3-8-16-32(21-11-5-2-6-12-21)28(37)26-30-15-14-22(40-30)24(29(38)39-20)25(30)27(36)33(26)17-9-4-10-18-34/h3,8,14-15,20-22,24-26,34H,2,4-7,9-13,16-19H2,1H3,(H,31,35)/b8-3-/t20-,22+,24-,25-,26+,30-/m0/s1. The van der Waals surface area contributed by atoms with Gasteiger partial charge in [0.15, 0.2) is 0 Å². The highest BCUT2D eigenvalue weighted by molar-refractivity contribution is 5.99. The van der Waals surface area contributed by atoms with Crippen molar-refractivity contribution >= 4 is 23.7 Å². The van der Waals surface area contributed by atoms with Gasteiger partial charge in [0.1, 0.15) is 23.7 Å². The molecule has 10 nitrogen and oxygen atoms in total. The monoisotopic (exact) mass is 557 g/mol. The minimum Gasteiger partial charge on any atom is -0.460 e. The fourth-order valence-electron chi connectivity index (χ4n) is 7.18. The predicted octanol–water partition coefficient (Wildman–Crippen LogP) is 1.86. The Morgan fingerprint density at radius 1 is 1.05 bits per heavy atom.